The number of nitro groups is 1. The lowest BCUT2D eigenvalue weighted by molar-refractivity contribution is -0.385. The lowest BCUT2D eigenvalue weighted by Gasteiger charge is -2.17. The van der Waals surface area contributed by atoms with E-state index in [1.807, 2.05) is 0 Å². The Morgan fingerprint density at radius 2 is 2.33 bits per heavy atom. The van der Waals surface area contributed by atoms with Gasteiger partial charge in [-0.2, -0.15) is 5.26 Å². The van der Waals surface area contributed by atoms with Gasteiger partial charge in [-0.1, -0.05) is 0 Å². The number of methoxy groups -OCH3 is 1. The molecule has 0 aliphatic rings. The summed E-state index contributed by atoms with van der Waals surface area (Å²) in [5.41, 5.74) is -0.372. The number of nitriles is 1. The summed E-state index contributed by atoms with van der Waals surface area (Å²) in [6, 6.07) is 2.74. The van der Waals surface area contributed by atoms with Crippen molar-refractivity contribution in [2.24, 2.45) is 0 Å². The minimum atomic E-state index is -1.48. The van der Waals surface area contributed by atoms with E-state index in [-0.39, 0.29) is 23.6 Å². The van der Waals surface area contributed by atoms with Gasteiger partial charge in [0, 0.05) is 6.07 Å². The number of pyridine rings is 1. The Balaban J connectivity index is 3.15. The Bertz CT molecular complexity index is 485. The number of hydrogen-bond donors (Lipinski definition) is 2. The van der Waals surface area contributed by atoms with Crippen LogP contribution in [0.3, 0.4) is 0 Å². The second kappa shape index (κ2) is 5.90. The van der Waals surface area contributed by atoms with E-state index in [1.54, 1.807) is 6.07 Å². The van der Waals surface area contributed by atoms with Gasteiger partial charge in [0.2, 0.25) is 5.88 Å². The molecule has 0 bridgehead atoms. The smallest absolute Gasteiger partial charge is 0.288 e. The molecule has 0 spiro atoms. The second-order valence-corrected chi connectivity index (χ2v) is 3.42. The molecule has 0 aromatic carbocycles. The number of aromatic nitrogens is 1. The predicted octanol–water partition coefficient (Wildman–Crippen LogP) is 0.306. The van der Waals surface area contributed by atoms with E-state index < -0.39 is 17.1 Å². The summed E-state index contributed by atoms with van der Waals surface area (Å²) in [5, 5.41) is 38.3. The van der Waals surface area contributed by atoms with Gasteiger partial charge in [-0.15, -0.1) is 0 Å². The largest absolute Gasteiger partial charge is 0.481 e. The van der Waals surface area contributed by atoms with Crippen molar-refractivity contribution >= 4 is 5.69 Å². The molecular formula is C10H11N3O5. The fraction of sp³-hybridized carbons (Fsp3) is 0.400. The van der Waals surface area contributed by atoms with E-state index in [0.29, 0.717) is 0 Å². The highest BCUT2D eigenvalue weighted by Crippen LogP contribution is 2.29. The van der Waals surface area contributed by atoms with E-state index in [4.69, 9.17) is 10.00 Å². The fourth-order valence-electron chi connectivity index (χ4n) is 1.35. The number of hydrogen-bond acceptors (Lipinski definition) is 7. The Hall–Kier alpha value is -2.24. The minimum Gasteiger partial charge on any atom is -0.481 e. The summed E-state index contributed by atoms with van der Waals surface area (Å²) in [5.74, 6) is -0.0370. The molecule has 18 heavy (non-hydrogen) atoms. The Morgan fingerprint density at radius 1 is 1.67 bits per heavy atom. The van der Waals surface area contributed by atoms with Crippen LogP contribution < -0.4 is 4.74 Å². The van der Waals surface area contributed by atoms with Gasteiger partial charge in [0.05, 0.1) is 36.2 Å². The molecule has 2 unspecified atom stereocenters. The summed E-state index contributed by atoms with van der Waals surface area (Å²) in [6.07, 6.45) is -2.18. The molecule has 1 rings (SSSR count). The van der Waals surface area contributed by atoms with Crippen molar-refractivity contribution in [1.29, 1.82) is 5.26 Å². The molecule has 1 aromatic heterocycles. The molecule has 0 fully saturated rings. The summed E-state index contributed by atoms with van der Waals surface area (Å²) >= 11 is 0. The SMILES string of the molecule is COc1ncc([N+](=O)[O-])cc1C(O)C(O)CC#N. The van der Waals surface area contributed by atoms with Crippen molar-refractivity contribution in [3.8, 4) is 11.9 Å². The van der Waals surface area contributed by atoms with Crippen LogP contribution in [0.2, 0.25) is 0 Å². The molecule has 0 aliphatic heterocycles. The summed E-state index contributed by atoms with van der Waals surface area (Å²) < 4.78 is 4.84. The molecule has 0 radical (unpaired) electrons. The van der Waals surface area contributed by atoms with E-state index >= 15 is 0 Å². The number of ether oxygens (including phenoxy) is 1. The first kappa shape index (κ1) is 13.8. The van der Waals surface area contributed by atoms with Crippen LogP contribution in [0.4, 0.5) is 5.69 Å². The molecule has 0 saturated carbocycles. The standard InChI is InChI=1S/C10H11N3O5/c1-18-10-7(9(15)8(14)2-3-11)4-6(5-12-10)13(16)17/h4-5,8-9,14-15H,2H2,1H3. The topological polar surface area (TPSA) is 130 Å². The zero-order chi connectivity index (χ0) is 13.7. The van der Waals surface area contributed by atoms with Crippen LogP contribution in [0, 0.1) is 21.4 Å². The molecule has 1 heterocycles. The van der Waals surface area contributed by atoms with Crippen molar-refractivity contribution in [3.63, 3.8) is 0 Å². The third kappa shape index (κ3) is 2.91. The van der Waals surface area contributed by atoms with Gasteiger partial charge in [-0.3, -0.25) is 10.1 Å². The number of nitrogens with zero attached hydrogens (tertiary/aromatic N) is 3. The van der Waals surface area contributed by atoms with Crippen LogP contribution in [0.5, 0.6) is 5.88 Å². The highest BCUT2D eigenvalue weighted by molar-refractivity contribution is 5.39. The van der Waals surface area contributed by atoms with Gasteiger partial charge in [-0.05, 0) is 0 Å². The molecule has 0 amide bonds. The van der Waals surface area contributed by atoms with E-state index in [1.165, 1.54) is 7.11 Å². The average molecular weight is 253 g/mol. The van der Waals surface area contributed by atoms with Crippen molar-refractivity contribution < 1.29 is 19.9 Å². The molecule has 0 aliphatic carbocycles. The number of aliphatic hydroxyl groups is 2. The van der Waals surface area contributed by atoms with Crippen LogP contribution in [0.15, 0.2) is 12.3 Å². The zero-order valence-corrected chi connectivity index (χ0v) is 9.48. The molecule has 8 nitrogen and oxygen atoms in total. The van der Waals surface area contributed by atoms with E-state index in [2.05, 4.69) is 4.98 Å². The third-order valence-electron chi connectivity index (χ3n) is 2.25. The number of aliphatic hydroxyl groups excluding tert-OH is 2. The van der Waals surface area contributed by atoms with Gasteiger partial charge in [-0.25, -0.2) is 4.98 Å². The lowest BCUT2D eigenvalue weighted by Crippen LogP contribution is -2.18. The minimum absolute atomic E-state index is 0.0329. The maximum absolute atomic E-state index is 10.6. The van der Waals surface area contributed by atoms with E-state index in [0.717, 1.165) is 12.3 Å². The average Bonchev–Trinajstić information content (AvgIpc) is 2.37. The Kier molecular flexibility index (Phi) is 4.53. The fourth-order valence-corrected chi connectivity index (χ4v) is 1.35. The number of rotatable bonds is 5. The highest BCUT2D eigenvalue weighted by Gasteiger charge is 2.25. The lowest BCUT2D eigenvalue weighted by atomic mass is 10.0. The van der Waals surface area contributed by atoms with E-state index in [9.17, 15) is 20.3 Å². The van der Waals surface area contributed by atoms with Crippen LogP contribution in [-0.4, -0.2) is 33.3 Å². The van der Waals surface area contributed by atoms with Crippen molar-refractivity contribution in [1.82, 2.24) is 4.98 Å². The molecule has 1 aromatic rings. The molecule has 2 N–H and O–H groups in total. The Labute approximate surface area is 102 Å². The maximum Gasteiger partial charge on any atom is 0.288 e. The highest BCUT2D eigenvalue weighted by atomic mass is 16.6. The predicted molar refractivity (Wildman–Crippen MR) is 58.6 cm³/mol. The van der Waals surface area contributed by atoms with Crippen LogP contribution in [0.25, 0.3) is 0 Å². The molecule has 96 valence electrons. The quantitative estimate of drug-likeness (QED) is 0.570. The van der Waals surface area contributed by atoms with Gasteiger partial charge in [0.1, 0.15) is 12.3 Å². The van der Waals surface area contributed by atoms with Gasteiger partial charge in [0.25, 0.3) is 5.69 Å². The third-order valence-corrected chi connectivity index (χ3v) is 2.25. The molecule has 8 heteroatoms. The zero-order valence-electron chi connectivity index (χ0n) is 9.48. The first-order valence-electron chi connectivity index (χ1n) is 4.92. The maximum atomic E-state index is 10.6. The van der Waals surface area contributed by atoms with Crippen LogP contribution >= 0.6 is 0 Å². The van der Waals surface area contributed by atoms with Crippen molar-refractivity contribution in [2.45, 2.75) is 18.6 Å². The summed E-state index contributed by atoms with van der Waals surface area (Å²) in [6.45, 7) is 0. The molecular weight excluding hydrogens is 242 g/mol. The van der Waals surface area contributed by atoms with Gasteiger partial charge in [0.15, 0.2) is 0 Å². The molecule has 2 atom stereocenters. The Morgan fingerprint density at radius 3 is 2.83 bits per heavy atom. The van der Waals surface area contributed by atoms with Gasteiger partial charge < -0.3 is 14.9 Å². The summed E-state index contributed by atoms with van der Waals surface area (Å²) in [7, 11) is 1.28. The van der Waals surface area contributed by atoms with Gasteiger partial charge >= 0.3 is 0 Å². The normalized spacial score (nSPS) is 13.4. The van der Waals surface area contributed by atoms with Crippen LogP contribution in [-0.2, 0) is 0 Å². The first-order valence-corrected chi connectivity index (χ1v) is 4.92. The summed E-state index contributed by atoms with van der Waals surface area (Å²) in [4.78, 5) is 13.6. The van der Waals surface area contributed by atoms with Crippen LogP contribution in [0.1, 0.15) is 18.1 Å². The van der Waals surface area contributed by atoms with Crippen molar-refractivity contribution in [3.05, 3.63) is 27.9 Å². The second-order valence-electron chi connectivity index (χ2n) is 3.42. The molecule has 0 saturated heterocycles. The first-order chi connectivity index (χ1) is 8.51. The van der Waals surface area contributed by atoms with Crippen molar-refractivity contribution in [2.75, 3.05) is 7.11 Å². The monoisotopic (exact) mass is 253 g/mol.